The predicted molar refractivity (Wildman–Crippen MR) is 114 cm³/mol. The highest BCUT2D eigenvalue weighted by Crippen LogP contribution is 2.67. The third-order valence-electron chi connectivity index (χ3n) is 8.81. The Morgan fingerprint density at radius 2 is 1.88 bits per heavy atom. The molecule has 7 atom stereocenters. The van der Waals surface area contributed by atoms with E-state index < -0.39 is 46.9 Å². The average Bonchev–Trinajstić information content (AvgIpc) is 2.97. The summed E-state index contributed by atoms with van der Waals surface area (Å²) in [6, 6.07) is 0. The number of carbonyl (C=O) groups is 4. The first-order chi connectivity index (χ1) is 14.9. The number of carbonyl (C=O) groups excluding carboxylic acids is 4. The van der Waals surface area contributed by atoms with Crippen molar-refractivity contribution in [1.82, 2.24) is 0 Å². The Morgan fingerprint density at radius 3 is 2.53 bits per heavy atom. The van der Waals surface area contributed by atoms with E-state index in [1.54, 1.807) is 12.2 Å². The topological polar surface area (TPSA) is 107 Å². The van der Waals surface area contributed by atoms with Crippen LogP contribution in [0.1, 0.15) is 59.8 Å². The number of esters is 2. The Kier molecular flexibility index (Phi) is 5.47. The highest BCUT2D eigenvalue weighted by Gasteiger charge is 2.68. The molecule has 0 bridgehead atoms. The van der Waals surface area contributed by atoms with Crippen LogP contribution in [-0.2, 0) is 28.7 Å². The van der Waals surface area contributed by atoms with Crippen molar-refractivity contribution in [2.24, 2.45) is 28.6 Å². The molecule has 7 heteroatoms. The molecule has 3 saturated carbocycles. The van der Waals surface area contributed by atoms with E-state index in [0.717, 1.165) is 18.4 Å². The Morgan fingerprint density at radius 1 is 1.16 bits per heavy atom. The molecule has 0 amide bonds. The van der Waals surface area contributed by atoms with Gasteiger partial charge in [0, 0.05) is 30.6 Å². The van der Waals surface area contributed by atoms with E-state index in [4.69, 9.17) is 9.47 Å². The van der Waals surface area contributed by atoms with Crippen LogP contribution in [0, 0.1) is 28.6 Å². The molecular formula is C25H32O7. The van der Waals surface area contributed by atoms with E-state index in [1.807, 2.05) is 13.0 Å². The second kappa shape index (κ2) is 7.65. The van der Waals surface area contributed by atoms with Gasteiger partial charge in [0.2, 0.25) is 5.78 Å². The SMILES string of the molecule is CC(=O)OCC(=O)[C@]1(O)CC[C@@H]2[C@H]3CCC4=CC(=O)C=C[C@]4(C)[C@@H]3[C@H](OC(C)=O)C[C@]21C. The lowest BCUT2D eigenvalue weighted by atomic mass is 9.46. The van der Waals surface area contributed by atoms with Crippen LogP contribution in [0.5, 0.6) is 0 Å². The summed E-state index contributed by atoms with van der Waals surface area (Å²) in [7, 11) is 0. The number of aliphatic hydroxyl groups is 1. The summed E-state index contributed by atoms with van der Waals surface area (Å²) in [5.41, 5.74) is -1.81. The molecule has 0 aromatic rings. The van der Waals surface area contributed by atoms with Crippen molar-refractivity contribution in [1.29, 1.82) is 0 Å². The van der Waals surface area contributed by atoms with Gasteiger partial charge in [0.1, 0.15) is 11.7 Å². The van der Waals surface area contributed by atoms with Crippen molar-refractivity contribution in [3.05, 3.63) is 23.8 Å². The monoisotopic (exact) mass is 444 g/mol. The quantitative estimate of drug-likeness (QED) is 0.664. The van der Waals surface area contributed by atoms with Gasteiger partial charge in [-0.05, 0) is 56.1 Å². The van der Waals surface area contributed by atoms with E-state index in [1.165, 1.54) is 13.8 Å². The maximum absolute atomic E-state index is 13.1. The first kappa shape index (κ1) is 22.9. The second-order valence-electron chi connectivity index (χ2n) is 10.4. The smallest absolute Gasteiger partial charge is 0.303 e. The van der Waals surface area contributed by atoms with Crippen molar-refractivity contribution < 1.29 is 33.8 Å². The maximum atomic E-state index is 13.1. The molecule has 0 aliphatic heterocycles. The highest BCUT2D eigenvalue weighted by atomic mass is 16.5. The van der Waals surface area contributed by atoms with E-state index >= 15 is 0 Å². The summed E-state index contributed by atoms with van der Waals surface area (Å²) < 4.78 is 10.8. The predicted octanol–water partition coefficient (Wildman–Crippen LogP) is 2.70. The minimum atomic E-state index is -1.65. The average molecular weight is 445 g/mol. The molecule has 3 fully saturated rings. The number of hydrogen-bond donors (Lipinski definition) is 1. The molecule has 32 heavy (non-hydrogen) atoms. The molecule has 0 spiro atoms. The van der Waals surface area contributed by atoms with Crippen LogP contribution >= 0.6 is 0 Å². The minimum absolute atomic E-state index is 0.0214. The van der Waals surface area contributed by atoms with Crippen molar-refractivity contribution in [2.75, 3.05) is 6.61 Å². The molecule has 174 valence electrons. The van der Waals surface area contributed by atoms with Crippen molar-refractivity contribution in [3.63, 3.8) is 0 Å². The number of rotatable bonds is 4. The van der Waals surface area contributed by atoms with E-state index in [2.05, 4.69) is 6.92 Å². The normalized spacial score (nSPS) is 42.3. The molecule has 0 heterocycles. The first-order valence-electron chi connectivity index (χ1n) is 11.4. The Bertz CT molecular complexity index is 933. The number of ketones is 2. The van der Waals surface area contributed by atoms with Gasteiger partial charge in [-0.3, -0.25) is 19.2 Å². The van der Waals surface area contributed by atoms with Gasteiger partial charge in [0.05, 0.1) is 0 Å². The Labute approximate surface area is 188 Å². The number of hydrogen-bond acceptors (Lipinski definition) is 7. The van der Waals surface area contributed by atoms with Crippen LogP contribution in [0.2, 0.25) is 0 Å². The third-order valence-corrected chi connectivity index (χ3v) is 8.81. The number of Topliss-reactive ketones (excluding diaryl/α,β-unsaturated/α-hetero) is 1. The second-order valence-corrected chi connectivity index (χ2v) is 10.4. The zero-order chi connectivity index (χ0) is 23.5. The molecule has 0 unspecified atom stereocenters. The fourth-order valence-corrected chi connectivity index (χ4v) is 7.36. The van der Waals surface area contributed by atoms with Gasteiger partial charge in [0.15, 0.2) is 12.4 Å². The largest absolute Gasteiger partial charge is 0.462 e. The first-order valence-corrected chi connectivity index (χ1v) is 11.4. The van der Waals surface area contributed by atoms with Crippen LogP contribution in [0.3, 0.4) is 0 Å². The number of ether oxygens (including phenoxy) is 2. The summed E-state index contributed by atoms with van der Waals surface area (Å²) >= 11 is 0. The molecule has 1 N–H and O–H groups in total. The van der Waals surface area contributed by atoms with Gasteiger partial charge >= 0.3 is 11.9 Å². The zero-order valence-corrected chi connectivity index (χ0v) is 19.2. The van der Waals surface area contributed by atoms with Crippen molar-refractivity contribution in [3.8, 4) is 0 Å². The standard InChI is InChI=1S/C25H32O7/c1-14(26)31-13-21(29)25(30)10-8-19-18-6-5-16-11-17(28)7-9-23(16,3)22(18)20(32-15(2)27)12-24(19,25)4/h7,9,11,18-20,22,30H,5-6,8,10,12-13H2,1-4H3/t18-,19-,20-,22+,23+,24-,25-/m1/s1. The molecule has 7 nitrogen and oxygen atoms in total. The van der Waals surface area contributed by atoms with Crippen LogP contribution < -0.4 is 0 Å². The van der Waals surface area contributed by atoms with Gasteiger partial charge in [0.25, 0.3) is 0 Å². The van der Waals surface area contributed by atoms with Gasteiger partial charge in [-0.1, -0.05) is 25.5 Å². The van der Waals surface area contributed by atoms with Gasteiger partial charge in [-0.15, -0.1) is 0 Å². The molecule has 0 aromatic heterocycles. The summed E-state index contributed by atoms with van der Waals surface area (Å²) in [6.07, 6.45) is 7.62. The lowest BCUT2D eigenvalue weighted by Crippen LogP contribution is -2.62. The molecular weight excluding hydrogens is 412 g/mol. The molecule has 0 aromatic carbocycles. The molecule has 4 aliphatic rings. The molecule has 0 saturated heterocycles. The van der Waals surface area contributed by atoms with Crippen LogP contribution in [-0.4, -0.2) is 46.9 Å². The van der Waals surface area contributed by atoms with Crippen LogP contribution in [0.15, 0.2) is 23.8 Å². The Balaban J connectivity index is 1.73. The summed E-state index contributed by atoms with van der Waals surface area (Å²) in [5, 5.41) is 11.6. The summed E-state index contributed by atoms with van der Waals surface area (Å²) in [5.74, 6) is -1.36. The van der Waals surface area contributed by atoms with Gasteiger partial charge in [-0.25, -0.2) is 0 Å². The third kappa shape index (κ3) is 3.28. The Hall–Kier alpha value is -2.28. The van der Waals surface area contributed by atoms with Gasteiger partial charge < -0.3 is 14.6 Å². The maximum Gasteiger partial charge on any atom is 0.303 e. The van der Waals surface area contributed by atoms with Gasteiger partial charge in [-0.2, -0.15) is 0 Å². The highest BCUT2D eigenvalue weighted by molar-refractivity contribution is 6.01. The van der Waals surface area contributed by atoms with E-state index in [0.29, 0.717) is 12.8 Å². The fraction of sp³-hybridized carbons (Fsp3) is 0.680. The lowest BCUT2D eigenvalue weighted by Gasteiger charge is -2.60. The van der Waals surface area contributed by atoms with Crippen molar-refractivity contribution >= 4 is 23.5 Å². The molecule has 0 radical (unpaired) electrons. The summed E-state index contributed by atoms with van der Waals surface area (Å²) in [6.45, 7) is 6.16. The molecule has 4 rings (SSSR count). The molecule has 4 aliphatic carbocycles. The number of fused-ring (bicyclic) bond motifs is 5. The van der Waals surface area contributed by atoms with Crippen LogP contribution in [0.25, 0.3) is 0 Å². The van der Waals surface area contributed by atoms with Crippen molar-refractivity contribution in [2.45, 2.75) is 71.5 Å². The number of allylic oxidation sites excluding steroid dienone is 4. The zero-order valence-electron chi connectivity index (χ0n) is 19.2. The lowest BCUT2D eigenvalue weighted by molar-refractivity contribution is -0.192. The summed E-state index contributed by atoms with van der Waals surface area (Å²) in [4.78, 5) is 48.4. The van der Waals surface area contributed by atoms with E-state index in [-0.39, 0.29) is 30.0 Å². The van der Waals surface area contributed by atoms with E-state index in [9.17, 15) is 24.3 Å². The minimum Gasteiger partial charge on any atom is -0.462 e. The van der Waals surface area contributed by atoms with Crippen LogP contribution in [0.4, 0.5) is 0 Å². The fourth-order valence-electron chi connectivity index (χ4n) is 7.36.